The third-order valence-electron chi connectivity index (χ3n) is 2.50. The van der Waals surface area contributed by atoms with Crippen LogP contribution in [0.15, 0.2) is 0 Å². The molecule has 2 nitrogen and oxygen atoms in total. The van der Waals surface area contributed by atoms with Gasteiger partial charge in [-0.15, -0.1) is 0 Å². The first kappa shape index (κ1) is 15.5. The summed E-state index contributed by atoms with van der Waals surface area (Å²) in [6, 6.07) is 0. The second-order valence-electron chi connectivity index (χ2n) is 6.64. The minimum absolute atomic E-state index is 0.0266. The summed E-state index contributed by atoms with van der Waals surface area (Å²) in [5, 5.41) is 0. The summed E-state index contributed by atoms with van der Waals surface area (Å²) in [5.41, 5.74) is 0.172. The highest BCUT2D eigenvalue weighted by atomic mass is 16.5. The van der Waals surface area contributed by atoms with E-state index < -0.39 is 0 Å². The number of carbonyl (C=O) groups excluding carboxylic acids is 1. The molecule has 0 rings (SSSR count). The summed E-state index contributed by atoms with van der Waals surface area (Å²) in [7, 11) is 0. The van der Waals surface area contributed by atoms with Gasteiger partial charge in [0.15, 0.2) is 0 Å². The van der Waals surface area contributed by atoms with Crippen LogP contribution < -0.4 is 0 Å². The lowest BCUT2D eigenvalue weighted by atomic mass is 9.80. The smallest absolute Gasteiger partial charge is 0.309 e. The molecule has 16 heavy (non-hydrogen) atoms. The van der Waals surface area contributed by atoms with Gasteiger partial charge in [-0.25, -0.2) is 0 Å². The van der Waals surface area contributed by atoms with Crippen molar-refractivity contribution in [2.24, 2.45) is 23.2 Å². The Morgan fingerprint density at radius 2 is 1.62 bits per heavy atom. The van der Waals surface area contributed by atoms with Crippen LogP contribution in [-0.2, 0) is 9.53 Å². The molecule has 0 aliphatic heterocycles. The number of ether oxygens (including phenoxy) is 1. The molecule has 0 aromatic rings. The topological polar surface area (TPSA) is 26.3 Å². The fourth-order valence-electron chi connectivity index (χ4n) is 1.61. The number of rotatable bonds is 5. The Morgan fingerprint density at radius 1 is 1.12 bits per heavy atom. The van der Waals surface area contributed by atoms with E-state index >= 15 is 0 Å². The van der Waals surface area contributed by atoms with E-state index in [1.54, 1.807) is 0 Å². The van der Waals surface area contributed by atoms with Crippen molar-refractivity contribution in [2.75, 3.05) is 6.61 Å². The van der Waals surface area contributed by atoms with Gasteiger partial charge in [-0.3, -0.25) is 4.79 Å². The van der Waals surface area contributed by atoms with Gasteiger partial charge in [-0.05, 0) is 23.7 Å². The lowest BCUT2D eigenvalue weighted by molar-refractivity contribution is -0.152. The summed E-state index contributed by atoms with van der Waals surface area (Å²) in [6.07, 6.45) is 0.890. The zero-order valence-corrected chi connectivity index (χ0v) is 12.0. The van der Waals surface area contributed by atoms with Crippen LogP contribution in [0.25, 0.3) is 0 Å². The Kier molecular flexibility index (Phi) is 6.06. The third kappa shape index (κ3) is 6.86. The Balaban J connectivity index is 4.37. The van der Waals surface area contributed by atoms with E-state index in [4.69, 9.17) is 4.74 Å². The van der Waals surface area contributed by atoms with Crippen molar-refractivity contribution >= 4 is 5.97 Å². The first-order chi connectivity index (χ1) is 7.13. The van der Waals surface area contributed by atoms with Gasteiger partial charge in [0.1, 0.15) is 0 Å². The first-order valence-electron chi connectivity index (χ1n) is 6.30. The summed E-state index contributed by atoms with van der Waals surface area (Å²) in [4.78, 5) is 11.9. The molecule has 0 saturated carbocycles. The van der Waals surface area contributed by atoms with Crippen LogP contribution in [0.5, 0.6) is 0 Å². The fraction of sp³-hybridized carbons (Fsp3) is 0.929. The van der Waals surface area contributed by atoms with Crippen molar-refractivity contribution < 1.29 is 9.53 Å². The Morgan fingerprint density at radius 3 is 1.94 bits per heavy atom. The average Bonchev–Trinajstić information content (AvgIpc) is 2.08. The summed E-state index contributed by atoms with van der Waals surface area (Å²) in [5.74, 6) is 0.752. The van der Waals surface area contributed by atoms with Crippen molar-refractivity contribution in [1.29, 1.82) is 0 Å². The van der Waals surface area contributed by atoms with Crippen molar-refractivity contribution in [3.8, 4) is 0 Å². The van der Waals surface area contributed by atoms with Crippen molar-refractivity contribution in [3.63, 3.8) is 0 Å². The summed E-state index contributed by atoms with van der Waals surface area (Å²) < 4.78 is 5.33. The van der Waals surface area contributed by atoms with Crippen LogP contribution in [0, 0.1) is 23.2 Å². The second-order valence-corrected chi connectivity index (χ2v) is 6.64. The molecule has 0 amide bonds. The second kappa shape index (κ2) is 6.27. The SMILES string of the molecule is CC(C)COC(=O)C(CC(C)(C)C)C(C)C. The summed E-state index contributed by atoms with van der Waals surface area (Å²) >= 11 is 0. The molecule has 0 fully saturated rings. The standard InChI is InChI=1S/C14H28O2/c1-10(2)9-16-13(15)12(11(3)4)8-14(5,6)7/h10-12H,8-9H2,1-7H3. The maximum absolute atomic E-state index is 11.9. The molecule has 2 heteroatoms. The molecule has 0 radical (unpaired) electrons. The molecule has 1 unspecified atom stereocenters. The van der Waals surface area contributed by atoms with Crippen molar-refractivity contribution in [3.05, 3.63) is 0 Å². The Labute approximate surface area is 101 Å². The van der Waals surface area contributed by atoms with E-state index in [2.05, 4.69) is 48.5 Å². The molecule has 0 bridgehead atoms. The minimum Gasteiger partial charge on any atom is -0.465 e. The summed E-state index contributed by atoms with van der Waals surface area (Å²) in [6.45, 7) is 15.3. The molecule has 0 spiro atoms. The van der Waals surface area contributed by atoms with Crippen LogP contribution in [-0.4, -0.2) is 12.6 Å². The quantitative estimate of drug-likeness (QED) is 0.667. The average molecular weight is 228 g/mol. The van der Waals surface area contributed by atoms with Gasteiger partial charge in [0.2, 0.25) is 0 Å². The highest BCUT2D eigenvalue weighted by Gasteiger charge is 2.28. The van der Waals surface area contributed by atoms with Gasteiger partial charge in [0.25, 0.3) is 0 Å². The number of hydrogen-bond donors (Lipinski definition) is 0. The maximum Gasteiger partial charge on any atom is 0.309 e. The maximum atomic E-state index is 11.9. The van der Waals surface area contributed by atoms with E-state index in [1.807, 2.05) is 0 Å². The van der Waals surface area contributed by atoms with E-state index in [-0.39, 0.29) is 17.3 Å². The third-order valence-corrected chi connectivity index (χ3v) is 2.50. The monoisotopic (exact) mass is 228 g/mol. The molecule has 0 aromatic carbocycles. The van der Waals surface area contributed by atoms with Crippen LogP contribution >= 0.6 is 0 Å². The molecule has 0 N–H and O–H groups in total. The number of carbonyl (C=O) groups is 1. The van der Waals surface area contributed by atoms with Gasteiger partial charge < -0.3 is 4.74 Å². The minimum atomic E-state index is -0.0291. The first-order valence-corrected chi connectivity index (χ1v) is 6.30. The van der Waals surface area contributed by atoms with Crippen LogP contribution in [0.3, 0.4) is 0 Å². The number of esters is 1. The Hall–Kier alpha value is -0.530. The van der Waals surface area contributed by atoms with Gasteiger partial charge in [0.05, 0.1) is 12.5 Å². The van der Waals surface area contributed by atoms with E-state index in [9.17, 15) is 4.79 Å². The fourth-order valence-corrected chi connectivity index (χ4v) is 1.61. The van der Waals surface area contributed by atoms with Crippen molar-refractivity contribution in [1.82, 2.24) is 0 Å². The van der Waals surface area contributed by atoms with Crippen LogP contribution in [0.4, 0.5) is 0 Å². The molecule has 0 aromatic heterocycles. The zero-order valence-electron chi connectivity index (χ0n) is 12.0. The normalized spacial score (nSPS) is 14.3. The van der Waals surface area contributed by atoms with E-state index in [0.717, 1.165) is 6.42 Å². The molecule has 0 saturated heterocycles. The molecular formula is C14H28O2. The predicted octanol–water partition coefficient (Wildman–Crippen LogP) is 3.89. The molecule has 96 valence electrons. The van der Waals surface area contributed by atoms with Gasteiger partial charge in [-0.1, -0.05) is 48.5 Å². The molecule has 0 aliphatic carbocycles. The molecule has 0 heterocycles. The van der Waals surface area contributed by atoms with E-state index in [0.29, 0.717) is 18.4 Å². The highest BCUT2D eigenvalue weighted by Crippen LogP contribution is 2.29. The van der Waals surface area contributed by atoms with Crippen molar-refractivity contribution in [2.45, 2.75) is 54.9 Å². The highest BCUT2D eigenvalue weighted by molar-refractivity contribution is 5.72. The van der Waals surface area contributed by atoms with E-state index in [1.165, 1.54) is 0 Å². The zero-order chi connectivity index (χ0) is 12.9. The van der Waals surface area contributed by atoms with Crippen LogP contribution in [0.2, 0.25) is 0 Å². The van der Waals surface area contributed by atoms with Gasteiger partial charge >= 0.3 is 5.97 Å². The van der Waals surface area contributed by atoms with Crippen LogP contribution in [0.1, 0.15) is 54.9 Å². The van der Waals surface area contributed by atoms with Gasteiger partial charge in [0, 0.05) is 0 Å². The number of hydrogen-bond acceptors (Lipinski definition) is 2. The largest absolute Gasteiger partial charge is 0.465 e. The lowest BCUT2D eigenvalue weighted by Crippen LogP contribution is -2.28. The predicted molar refractivity (Wildman–Crippen MR) is 68.2 cm³/mol. The molecular weight excluding hydrogens is 200 g/mol. The molecule has 0 aliphatic rings. The lowest BCUT2D eigenvalue weighted by Gasteiger charge is -2.27. The molecule has 1 atom stereocenters. The van der Waals surface area contributed by atoms with Gasteiger partial charge in [-0.2, -0.15) is 0 Å². The Bertz CT molecular complexity index is 211.